The van der Waals surface area contributed by atoms with Crippen LogP contribution in [0.15, 0.2) is 48.5 Å². The second kappa shape index (κ2) is 5.33. The third kappa shape index (κ3) is 2.20. The van der Waals surface area contributed by atoms with E-state index in [9.17, 15) is 14.7 Å². The standard InChI is InChI=1S/C16H13N3O3/c1-19(13-9-5-3-7-11(13)16(21)22)15(20)14-10-6-2-4-8-12(10)17-18-14/h2-9H,1H3,(H,17,18)(H,21,22). The lowest BCUT2D eigenvalue weighted by molar-refractivity contribution is 0.0697. The molecule has 0 fully saturated rings. The predicted octanol–water partition coefficient (Wildman–Crippen LogP) is 2.54. The van der Waals surface area contributed by atoms with Crippen molar-refractivity contribution in [1.29, 1.82) is 0 Å². The van der Waals surface area contributed by atoms with E-state index in [0.29, 0.717) is 11.1 Å². The molecule has 1 amide bonds. The number of nitrogens with zero attached hydrogens (tertiary/aromatic N) is 2. The molecule has 0 bridgehead atoms. The average molecular weight is 295 g/mol. The Balaban J connectivity index is 2.04. The van der Waals surface area contributed by atoms with Crippen molar-refractivity contribution >= 4 is 28.5 Å². The first-order chi connectivity index (χ1) is 10.6. The molecule has 0 aliphatic carbocycles. The van der Waals surface area contributed by atoms with Crippen molar-refractivity contribution in [3.8, 4) is 0 Å². The molecule has 3 rings (SSSR count). The zero-order valence-corrected chi connectivity index (χ0v) is 11.8. The van der Waals surface area contributed by atoms with E-state index in [4.69, 9.17) is 0 Å². The SMILES string of the molecule is CN(C(=O)c1n[nH]c2ccccc12)c1ccccc1C(=O)O. The number of nitrogens with one attached hydrogen (secondary N) is 1. The number of carbonyl (C=O) groups excluding carboxylic acids is 1. The third-order valence-corrected chi connectivity index (χ3v) is 3.47. The molecule has 22 heavy (non-hydrogen) atoms. The second-order valence-electron chi connectivity index (χ2n) is 4.80. The van der Waals surface area contributed by atoms with Crippen molar-refractivity contribution in [3.63, 3.8) is 0 Å². The number of aromatic nitrogens is 2. The fraction of sp³-hybridized carbons (Fsp3) is 0.0625. The molecule has 1 heterocycles. The molecule has 0 aliphatic rings. The van der Waals surface area contributed by atoms with E-state index in [0.717, 1.165) is 5.52 Å². The van der Waals surface area contributed by atoms with Crippen LogP contribution in [0.1, 0.15) is 20.8 Å². The number of carboxylic acids is 1. The van der Waals surface area contributed by atoms with Gasteiger partial charge in [0.2, 0.25) is 0 Å². The molecule has 6 nitrogen and oxygen atoms in total. The first-order valence-electron chi connectivity index (χ1n) is 6.63. The maximum atomic E-state index is 12.6. The average Bonchev–Trinajstić information content (AvgIpc) is 2.97. The maximum absolute atomic E-state index is 12.6. The van der Waals surface area contributed by atoms with Crippen LogP contribution in [0.3, 0.4) is 0 Å². The van der Waals surface area contributed by atoms with Crippen LogP contribution in [0.25, 0.3) is 10.9 Å². The van der Waals surface area contributed by atoms with Gasteiger partial charge in [-0.3, -0.25) is 9.89 Å². The summed E-state index contributed by atoms with van der Waals surface area (Å²) in [7, 11) is 1.54. The molecular weight excluding hydrogens is 282 g/mol. The van der Waals surface area contributed by atoms with Crippen LogP contribution >= 0.6 is 0 Å². The summed E-state index contributed by atoms with van der Waals surface area (Å²) in [6.45, 7) is 0. The summed E-state index contributed by atoms with van der Waals surface area (Å²) in [5.41, 5.74) is 1.41. The lowest BCUT2D eigenvalue weighted by atomic mass is 10.1. The molecule has 2 N–H and O–H groups in total. The van der Waals surface area contributed by atoms with Gasteiger partial charge in [0, 0.05) is 12.4 Å². The van der Waals surface area contributed by atoms with Gasteiger partial charge in [-0.25, -0.2) is 4.79 Å². The predicted molar refractivity (Wildman–Crippen MR) is 82.2 cm³/mol. The second-order valence-corrected chi connectivity index (χ2v) is 4.80. The number of carbonyl (C=O) groups is 2. The summed E-state index contributed by atoms with van der Waals surface area (Å²) in [6.07, 6.45) is 0. The highest BCUT2D eigenvalue weighted by Gasteiger charge is 2.22. The van der Waals surface area contributed by atoms with Crippen LogP contribution in [0.4, 0.5) is 5.69 Å². The van der Waals surface area contributed by atoms with E-state index in [-0.39, 0.29) is 17.2 Å². The number of hydrogen-bond donors (Lipinski definition) is 2. The minimum Gasteiger partial charge on any atom is -0.478 e. The summed E-state index contributed by atoms with van der Waals surface area (Å²) in [5.74, 6) is -1.45. The Morgan fingerprint density at radius 3 is 2.55 bits per heavy atom. The number of aromatic carboxylic acids is 1. The Kier molecular flexibility index (Phi) is 3.34. The van der Waals surface area contributed by atoms with Crippen LogP contribution in [0.5, 0.6) is 0 Å². The van der Waals surface area contributed by atoms with Crippen LogP contribution in [-0.4, -0.2) is 34.2 Å². The van der Waals surface area contributed by atoms with E-state index >= 15 is 0 Å². The highest BCUT2D eigenvalue weighted by molar-refractivity contribution is 6.13. The molecule has 0 saturated carbocycles. The fourth-order valence-corrected chi connectivity index (χ4v) is 2.34. The van der Waals surface area contributed by atoms with E-state index in [1.54, 1.807) is 24.3 Å². The molecule has 6 heteroatoms. The summed E-state index contributed by atoms with van der Waals surface area (Å²) in [5, 5.41) is 16.8. The maximum Gasteiger partial charge on any atom is 0.337 e. The van der Waals surface area contributed by atoms with Gasteiger partial charge in [-0.05, 0) is 18.2 Å². The zero-order chi connectivity index (χ0) is 15.7. The summed E-state index contributed by atoms with van der Waals surface area (Å²) in [6, 6.07) is 13.6. The van der Waals surface area contributed by atoms with Crippen LogP contribution in [0, 0.1) is 0 Å². The molecule has 3 aromatic rings. The number of anilines is 1. The van der Waals surface area contributed by atoms with Crippen molar-refractivity contribution < 1.29 is 14.7 Å². The Bertz CT molecular complexity index is 870. The summed E-state index contributed by atoms with van der Waals surface area (Å²) < 4.78 is 0. The monoisotopic (exact) mass is 295 g/mol. The van der Waals surface area contributed by atoms with E-state index in [1.165, 1.54) is 18.0 Å². The van der Waals surface area contributed by atoms with Crippen molar-refractivity contribution in [1.82, 2.24) is 10.2 Å². The number of carboxylic acid groups (broad SMARTS) is 1. The largest absolute Gasteiger partial charge is 0.478 e. The van der Waals surface area contributed by atoms with E-state index in [2.05, 4.69) is 10.2 Å². The normalized spacial score (nSPS) is 10.6. The molecule has 1 aromatic heterocycles. The summed E-state index contributed by atoms with van der Waals surface area (Å²) in [4.78, 5) is 25.2. The van der Waals surface area contributed by atoms with Gasteiger partial charge in [0.25, 0.3) is 5.91 Å². The minimum absolute atomic E-state index is 0.0678. The molecule has 0 radical (unpaired) electrons. The Hall–Kier alpha value is -3.15. The molecule has 0 aliphatic heterocycles. The highest BCUT2D eigenvalue weighted by Crippen LogP contribution is 2.23. The van der Waals surface area contributed by atoms with Gasteiger partial charge in [0.05, 0.1) is 16.8 Å². The molecule has 0 atom stereocenters. The van der Waals surface area contributed by atoms with Crippen LogP contribution < -0.4 is 4.90 Å². The topological polar surface area (TPSA) is 86.3 Å². The molecule has 0 spiro atoms. The molecule has 2 aromatic carbocycles. The zero-order valence-electron chi connectivity index (χ0n) is 11.8. The highest BCUT2D eigenvalue weighted by atomic mass is 16.4. The Morgan fingerprint density at radius 2 is 1.77 bits per heavy atom. The van der Waals surface area contributed by atoms with Gasteiger partial charge >= 0.3 is 5.97 Å². The number of para-hydroxylation sites is 2. The Labute approximate surface area is 126 Å². The number of hydrogen-bond acceptors (Lipinski definition) is 3. The lowest BCUT2D eigenvalue weighted by Crippen LogP contribution is -2.28. The van der Waals surface area contributed by atoms with Crippen molar-refractivity contribution in [2.24, 2.45) is 0 Å². The van der Waals surface area contributed by atoms with Gasteiger partial charge in [-0.1, -0.05) is 30.3 Å². The first-order valence-corrected chi connectivity index (χ1v) is 6.63. The quantitative estimate of drug-likeness (QED) is 0.777. The number of H-pyrrole nitrogens is 1. The fourth-order valence-electron chi connectivity index (χ4n) is 2.34. The van der Waals surface area contributed by atoms with E-state index in [1.807, 2.05) is 18.2 Å². The molecule has 0 saturated heterocycles. The Morgan fingerprint density at radius 1 is 1.09 bits per heavy atom. The lowest BCUT2D eigenvalue weighted by Gasteiger charge is -2.18. The number of benzene rings is 2. The van der Waals surface area contributed by atoms with Gasteiger partial charge in [-0.2, -0.15) is 5.10 Å². The minimum atomic E-state index is -1.08. The van der Waals surface area contributed by atoms with Gasteiger partial charge in [-0.15, -0.1) is 0 Å². The molecule has 0 unspecified atom stereocenters. The van der Waals surface area contributed by atoms with Crippen molar-refractivity contribution in [2.45, 2.75) is 0 Å². The third-order valence-electron chi connectivity index (χ3n) is 3.47. The smallest absolute Gasteiger partial charge is 0.337 e. The van der Waals surface area contributed by atoms with Crippen molar-refractivity contribution in [3.05, 3.63) is 59.8 Å². The number of aromatic amines is 1. The molecule has 110 valence electrons. The van der Waals surface area contributed by atoms with Gasteiger partial charge in [0.1, 0.15) is 0 Å². The van der Waals surface area contributed by atoms with Crippen LogP contribution in [0.2, 0.25) is 0 Å². The first kappa shape index (κ1) is 13.8. The van der Waals surface area contributed by atoms with E-state index < -0.39 is 5.97 Å². The van der Waals surface area contributed by atoms with Crippen LogP contribution in [-0.2, 0) is 0 Å². The number of fused-ring (bicyclic) bond motifs is 1. The number of amides is 1. The number of rotatable bonds is 3. The van der Waals surface area contributed by atoms with Gasteiger partial charge < -0.3 is 10.0 Å². The van der Waals surface area contributed by atoms with Crippen molar-refractivity contribution in [2.75, 3.05) is 11.9 Å². The summed E-state index contributed by atoms with van der Waals surface area (Å²) >= 11 is 0. The molecular formula is C16H13N3O3. The van der Waals surface area contributed by atoms with Gasteiger partial charge in [0.15, 0.2) is 5.69 Å².